The zero-order valence-electron chi connectivity index (χ0n) is 21.7. The highest BCUT2D eigenvalue weighted by Gasteiger charge is 2.55. The Hall–Kier alpha value is -4.28. The van der Waals surface area contributed by atoms with Crippen LogP contribution < -0.4 is 16.0 Å². The summed E-state index contributed by atoms with van der Waals surface area (Å²) in [7, 11) is 3.35. The van der Waals surface area contributed by atoms with E-state index in [9.17, 15) is 14.4 Å². The van der Waals surface area contributed by atoms with E-state index in [1.807, 2.05) is 39.0 Å². The summed E-state index contributed by atoms with van der Waals surface area (Å²) in [5.41, 5.74) is 9.07. The molecule has 4 amide bonds. The number of hydrogen-bond acceptors (Lipinski definition) is 7. The molecule has 3 N–H and O–H groups in total. The van der Waals surface area contributed by atoms with Gasteiger partial charge in [0.1, 0.15) is 11.9 Å². The topological polar surface area (TPSA) is 139 Å². The summed E-state index contributed by atoms with van der Waals surface area (Å²) in [6.07, 6.45) is 5.84. The third kappa shape index (κ3) is 5.16. The zero-order chi connectivity index (χ0) is 26.9. The van der Waals surface area contributed by atoms with Crippen molar-refractivity contribution in [2.24, 2.45) is 13.0 Å². The Kier molecular flexibility index (Phi) is 7.23. The van der Waals surface area contributed by atoms with Crippen molar-refractivity contribution in [3.63, 3.8) is 0 Å². The van der Waals surface area contributed by atoms with Crippen LogP contribution in [0, 0.1) is 19.8 Å². The van der Waals surface area contributed by atoms with E-state index in [1.54, 1.807) is 43.3 Å². The zero-order valence-corrected chi connectivity index (χ0v) is 21.7. The third-order valence-corrected chi connectivity index (χ3v) is 6.64. The standard InChI is InChI=1S/C26H32N8O3/c1-6-20(18-8-7-15(2)29-14-18)31-26(37)34-22(24(36)33(5)25-28-9-10-32(25)4)19(23(34)35)12-17-11-16(3)30-21(27)13-17/h7-11,13-14,19-20,22H,6,12H2,1-5H3,(H2,27,30)(H,31,37)/t19-,20?,22+/m1/s1. The molecule has 4 rings (SSSR count). The number of imide groups is 1. The van der Waals surface area contributed by atoms with Crippen molar-refractivity contribution >= 4 is 29.6 Å². The average Bonchev–Trinajstić information content (AvgIpc) is 3.28. The third-order valence-electron chi connectivity index (χ3n) is 6.64. The summed E-state index contributed by atoms with van der Waals surface area (Å²) >= 11 is 0. The van der Waals surface area contributed by atoms with Crippen molar-refractivity contribution in [3.05, 3.63) is 65.4 Å². The Morgan fingerprint density at radius 3 is 2.54 bits per heavy atom. The van der Waals surface area contributed by atoms with Crippen molar-refractivity contribution in [2.45, 2.75) is 45.7 Å². The molecular formula is C26H32N8O3. The largest absolute Gasteiger partial charge is 0.384 e. The minimum Gasteiger partial charge on any atom is -0.384 e. The maximum atomic E-state index is 13.7. The molecule has 37 heavy (non-hydrogen) atoms. The predicted octanol–water partition coefficient (Wildman–Crippen LogP) is 2.30. The fraction of sp³-hybridized carbons (Fsp3) is 0.385. The monoisotopic (exact) mass is 504 g/mol. The number of rotatable bonds is 7. The van der Waals surface area contributed by atoms with Gasteiger partial charge in [-0.25, -0.2) is 14.8 Å². The van der Waals surface area contributed by atoms with Gasteiger partial charge in [-0.1, -0.05) is 13.0 Å². The van der Waals surface area contributed by atoms with Gasteiger partial charge in [-0.3, -0.25) is 24.4 Å². The van der Waals surface area contributed by atoms with Gasteiger partial charge in [-0.05, 0) is 56.0 Å². The molecule has 1 aliphatic heterocycles. The molecule has 11 nitrogen and oxygen atoms in total. The molecule has 3 aromatic heterocycles. The Balaban J connectivity index is 1.61. The fourth-order valence-electron chi connectivity index (χ4n) is 4.70. The van der Waals surface area contributed by atoms with Gasteiger partial charge in [0, 0.05) is 44.1 Å². The number of aryl methyl sites for hydroxylation is 3. The minimum atomic E-state index is -1.00. The van der Waals surface area contributed by atoms with E-state index < -0.39 is 29.8 Å². The molecule has 1 unspecified atom stereocenters. The molecular weight excluding hydrogens is 472 g/mol. The van der Waals surface area contributed by atoms with Crippen LogP contribution in [0.5, 0.6) is 0 Å². The highest BCUT2D eigenvalue weighted by molar-refractivity contribution is 6.12. The Bertz CT molecular complexity index is 1300. The molecule has 3 atom stereocenters. The van der Waals surface area contributed by atoms with Gasteiger partial charge >= 0.3 is 6.03 Å². The first-order valence-corrected chi connectivity index (χ1v) is 12.1. The number of hydrogen-bond donors (Lipinski definition) is 2. The highest BCUT2D eigenvalue weighted by atomic mass is 16.2. The SMILES string of the molecule is CCC(NC(=O)N1C(=O)[C@H](Cc2cc(C)nc(N)c2)[C@H]1C(=O)N(C)c1nccn1C)c1ccc(C)nc1. The lowest BCUT2D eigenvalue weighted by molar-refractivity contribution is -0.156. The van der Waals surface area contributed by atoms with Crippen molar-refractivity contribution < 1.29 is 14.4 Å². The number of carbonyl (C=O) groups is 3. The summed E-state index contributed by atoms with van der Waals surface area (Å²) in [4.78, 5) is 55.5. The molecule has 1 saturated heterocycles. The number of likely N-dealkylation sites (tertiary alicyclic amines) is 1. The molecule has 3 aromatic rings. The van der Waals surface area contributed by atoms with Gasteiger partial charge in [0.15, 0.2) is 0 Å². The lowest BCUT2D eigenvalue weighted by Crippen LogP contribution is -2.70. The van der Waals surface area contributed by atoms with Crippen molar-refractivity contribution in [3.8, 4) is 0 Å². The van der Waals surface area contributed by atoms with E-state index in [0.717, 1.165) is 21.7 Å². The number of carbonyl (C=O) groups excluding carboxylic acids is 3. The second kappa shape index (κ2) is 10.4. The number of amides is 4. The highest BCUT2D eigenvalue weighted by Crippen LogP contribution is 2.33. The van der Waals surface area contributed by atoms with E-state index in [4.69, 9.17) is 5.73 Å². The number of urea groups is 1. The quantitative estimate of drug-likeness (QED) is 0.471. The smallest absolute Gasteiger partial charge is 0.325 e. The summed E-state index contributed by atoms with van der Waals surface area (Å²) in [5.74, 6) is -0.818. The number of nitrogens with zero attached hydrogens (tertiary/aromatic N) is 6. The molecule has 11 heteroatoms. The van der Waals surface area contributed by atoms with Crippen LogP contribution in [-0.4, -0.2) is 55.4 Å². The van der Waals surface area contributed by atoms with Crippen LogP contribution >= 0.6 is 0 Å². The van der Waals surface area contributed by atoms with Crippen LogP contribution in [0.25, 0.3) is 0 Å². The average molecular weight is 505 g/mol. The van der Waals surface area contributed by atoms with Gasteiger partial charge in [0.05, 0.1) is 12.0 Å². The molecule has 0 bridgehead atoms. The predicted molar refractivity (Wildman–Crippen MR) is 138 cm³/mol. The number of imidazole rings is 1. The number of aromatic nitrogens is 4. The summed E-state index contributed by atoms with van der Waals surface area (Å²) in [5, 5.41) is 2.91. The van der Waals surface area contributed by atoms with Gasteiger partial charge in [0.2, 0.25) is 11.9 Å². The van der Waals surface area contributed by atoms with Gasteiger partial charge in [-0.15, -0.1) is 0 Å². The molecule has 0 aromatic carbocycles. The molecule has 1 aliphatic rings. The van der Waals surface area contributed by atoms with Crippen LogP contribution in [0.3, 0.4) is 0 Å². The number of nitrogens with two attached hydrogens (primary N) is 1. The second-order valence-electron chi connectivity index (χ2n) is 9.38. The van der Waals surface area contributed by atoms with E-state index in [2.05, 4.69) is 20.3 Å². The van der Waals surface area contributed by atoms with Crippen LogP contribution in [0.1, 0.15) is 41.9 Å². The van der Waals surface area contributed by atoms with Gasteiger partial charge in [-0.2, -0.15) is 0 Å². The molecule has 4 heterocycles. The maximum absolute atomic E-state index is 13.7. The number of likely N-dealkylation sites (N-methyl/N-ethyl adjacent to an activating group) is 1. The second-order valence-corrected chi connectivity index (χ2v) is 9.38. The number of anilines is 2. The lowest BCUT2D eigenvalue weighted by Gasteiger charge is -2.45. The van der Waals surface area contributed by atoms with Crippen molar-refractivity contribution in [2.75, 3.05) is 17.7 Å². The van der Waals surface area contributed by atoms with Crippen LogP contribution in [-0.2, 0) is 23.1 Å². The summed E-state index contributed by atoms with van der Waals surface area (Å²) < 4.78 is 1.70. The first-order valence-electron chi connectivity index (χ1n) is 12.1. The molecule has 0 radical (unpaired) electrons. The lowest BCUT2D eigenvalue weighted by atomic mass is 9.81. The van der Waals surface area contributed by atoms with Crippen LogP contribution in [0.15, 0.2) is 42.9 Å². The van der Waals surface area contributed by atoms with Gasteiger partial charge in [0.25, 0.3) is 5.91 Å². The molecule has 194 valence electrons. The summed E-state index contributed by atoms with van der Waals surface area (Å²) in [6, 6.07) is 5.29. The molecule has 0 saturated carbocycles. The Morgan fingerprint density at radius 1 is 1.19 bits per heavy atom. The van der Waals surface area contributed by atoms with E-state index in [1.165, 1.54) is 4.90 Å². The first kappa shape index (κ1) is 25.8. The van der Waals surface area contributed by atoms with E-state index in [-0.39, 0.29) is 12.5 Å². The summed E-state index contributed by atoms with van der Waals surface area (Å²) in [6.45, 7) is 5.62. The normalized spacial score (nSPS) is 17.8. The van der Waals surface area contributed by atoms with Crippen molar-refractivity contribution in [1.82, 2.24) is 29.7 Å². The van der Waals surface area contributed by atoms with Crippen molar-refractivity contribution in [1.29, 1.82) is 0 Å². The van der Waals surface area contributed by atoms with E-state index >= 15 is 0 Å². The van der Waals surface area contributed by atoms with E-state index in [0.29, 0.717) is 23.9 Å². The van der Waals surface area contributed by atoms with Crippen LogP contribution in [0.2, 0.25) is 0 Å². The minimum absolute atomic E-state index is 0.250. The fourth-order valence-corrected chi connectivity index (χ4v) is 4.70. The number of nitrogens with one attached hydrogen (secondary N) is 1. The number of β-lactam (4-membered cyclic amide) rings is 1. The Labute approximate surface area is 215 Å². The Morgan fingerprint density at radius 2 is 1.95 bits per heavy atom. The molecule has 1 fully saturated rings. The molecule has 0 aliphatic carbocycles. The number of nitrogen functional groups attached to an aromatic ring is 1. The maximum Gasteiger partial charge on any atom is 0.325 e. The first-order chi connectivity index (χ1) is 17.6. The molecule has 0 spiro atoms. The van der Waals surface area contributed by atoms with Crippen LogP contribution in [0.4, 0.5) is 16.6 Å². The van der Waals surface area contributed by atoms with Gasteiger partial charge < -0.3 is 15.6 Å². The number of pyridine rings is 2.